The molecule has 13 rings (SSSR count). The molecule has 0 atom stereocenters. The van der Waals surface area contributed by atoms with Gasteiger partial charge >= 0.3 is 0 Å². The standard InChI is InChI=1S/C55H32N4S/c1-3-15-35-31-37(29-27-33(35)13-1)53-56-54(38-30-28-34-14-2-4-16-36(34)32-38)58-55(57-53)59-51-44(42-22-12-26-48-49(42)45-21-9-10-25-47(45)60-48)23-11-24-46(51)50-41-19-7-5-17-39(41)40-18-6-8-20-43(40)52(50)59/h1-32H. The fourth-order valence-electron chi connectivity index (χ4n) is 9.52. The van der Waals surface area contributed by atoms with Crippen LogP contribution in [-0.2, 0) is 0 Å². The van der Waals surface area contributed by atoms with Crippen molar-refractivity contribution in [3.63, 3.8) is 0 Å². The molecule has 0 amide bonds. The third-order valence-corrected chi connectivity index (χ3v) is 13.3. The minimum absolute atomic E-state index is 0.576. The van der Waals surface area contributed by atoms with Crippen LogP contribution in [0.2, 0.25) is 0 Å². The van der Waals surface area contributed by atoms with Gasteiger partial charge in [-0.3, -0.25) is 4.57 Å². The summed E-state index contributed by atoms with van der Waals surface area (Å²) in [5.74, 6) is 1.82. The van der Waals surface area contributed by atoms with E-state index in [2.05, 4.69) is 199 Å². The van der Waals surface area contributed by atoms with E-state index >= 15 is 0 Å². The predicted octanol–water partition coefficient (Wildman–Crippen LogP) is 15.0. The topological polar surface area (TPSA) is 43.6 Å². The lowest BCUT2D eigenvalue weighted by Gasteiger charge is -2.15. The van der Waals surface area contributed by atoms with Crippen LogP contribution in [0.1, 0.15) is 0 Å². The molecule has 4 nitrogen and oxygen atoms in total. The predicted molar refractivity (Wildman–Crippen MR) is 253 cm³/mol. The number of aromatic nitrogens is 4. The molecule has 0 fully saturated rings. The van der Waals surface area contributed by atoms with Gasteiger partial charge in [-0.25, -0.2) is 4.98 Å². The summed E-state index contributed by atoms with van der Waals surface area (Å²) in [6.45, 7) is 0. The number of fused-ring (bicyclic) bond motifs is 13. The SMILES string of the molecule is c1ccc2cc(-c3nc(-c4ccc5ccccc5c4)nc(-n4c5c(-c6cccc7sc8ccccc8c67)cccc5c5c6ccccc6c6ccccc6c54)n3)ccc2c1. The number of thiophene rings is 1. The monoisotopic (exact) mass is 780 g/mol. The van der Waals surface area contributed by atoms with E-state index in [4.69, 9.17) is 15.0 Å². The molecule has 0 aliphatic carbocycles. The normalized spacial score (nSPS) is 12.0. The Kier molecular flexibility index (Phi) is 7.14. The van der Waals surface area contributed by atoms with E-state index in [9.17, 15) is 0 Å². The fraction of sp³-hybridized carbons (Fsp3) is 0. The molecule has 0 aliphatic heterocycles. The number of nitrogens with zero attached hydrogens (tertiary/aromatic N) is 4. The molecule has 0 bridgehead atoms. The average molecular weight is 781 g/mol. The third-order valence-electron chi connectivity index (χ3n) is 12.2. The van der Waals surface area contributed by atoms with Crippen LogP contribution >= 0.6 is 11.3 Å². The number of hydrogen-bond donors (Lipinski definition) is 0. The fourth-order valence-corrected chi connectivity index (χ4v) is 10.7. The van der Waals surface area contributed by atoms with Crippen LogP contribution in [0.4, 0.5) is 0 Å². The van der Waals surface area contributed by atoms with Gasteiger partial charge in [0.25, 0.3) is 0 Å². The maximum atomic E-state index is 5.51. The molecule has 0 saturated heterocycles. The van der Waals surface area contributed by atoms with Crippen LogP contribution in [0, 0.1) is 0 Å². The molecule has 5 heteroatoms. The maximum Gasteiger partial charge on any atom is 0.238 e. The summed E-state index contributed by atoms with van der Waals surface area (Å²) in [6.07, 6.45) is 0. The molecule has 0 N–H and O–H groups in total. The number of hydrogen-bond acceptors (Lipinski definition) is 4. The van der Waals surface area contributed by atoms with Gasteiger partial charge in [0.05, 0.1) is 11.0 Å². The molecule has 0 spiro atoms. The largest absolute Gasteiger partial charge is 0.277 e. The number of rotatable bonds is 4. The van der Waals surface area contributed by atoms with E-state index in [1.807, 2.05) is 11.3 Å². The minimum atomic E-state index is 0.576. The Bertz CT molecular complexity index is 3820. The summed E-state index contributed by atoms with van der Waals surface area (Å²) in [6, 6.07) is 69.7. The van der Waals surface area contributed by atoms with Crippen molar-refractivity contribution in [2.45, 2.75) is 0 Å². The molecule has 0 unspecified atom stereocenters. The summed E-state index contributed by atoms with van der Waals surface area (Å²) in [5.41, 5.74) is 6.33. The highest BCUT2D eigenvalue weighted by Crippen LogP contribution is 2.47. The highest BCUT2D eigenvalue weighted by atomic mass is 32.1. The first kappa shape index (κ1) is 33.3. The highest BCUT2D eigenvalue weighted by molar-refractivity contribution is 7.25. The minimum Gasteiger partial charge on any atom is -0.277 e. The first-order valence-corrected chi connectivity index (χ1v) is 21.1. The van der Waals surface area contributed by atoms with Gasteiger partial charge in [0, 0.05) is 53.0 Å². The quantitative estimate of drug-likeness (QED) is 0.167. The summed E-state index contributed by atoms with van der Waals surface area (Å²) in [7, 11) is 0. The molecular weight excluding hydrogens is 749 g/mol. The van der Waals surface area contributed by atoms with Crippen molar-refractivity contribution in [2.24, 2.45) is 0 Å². The van der Waals surface area contributed by atoms with E-state index in [0.29, 0.717) is 17.6 Å². The van der Waals surface area contributed by atoms with Gasteiger partial charge in [-0.1, -0.05) is 170 Å². The third kappa shape index (κ3) is 4.93. The zero-order valence-corrected chi connectivity index (χ0v) is 33.0. The van der Waals surface area contributed by atoms with Gasteiger partial charge < -0.3 is 0 Å². The zero-order valence-electron chi connectivity index (χ0n) is 32.2. The maximum absolute atomic E-state index is 5.51. The summed E-state index contributed by atoms with van der Waals surface area (Å²) < 4.78 is 4.89. The van der Waals surface area contributed by atoms with E-state index in [1.165, 1.54) is 58.1 Å². The summed E-state index contributed by atoms with van der Waals surface area (Å²) in [5, 5.41) is 14.2. The Morgan fingerprint density at radius 1 is 0.333 bits per heavy atom. The number of benzene rings is 10. The van der Waals surface area contributed by atoms with Gasteiger partial charge in [0.15, 0.2) is 11.6 Å². The Morgan fingerprint density at radius 2 is 0.850 bits per heavy atom. The van der Waals surface area contributed by atoms with E-state index in [-0.39, 0.29) is 0 Å². The Balaban J connectivity index is 1.22. The molecule has 0 radical (unpaired) electrons. The second kappa shape index (κ2) is 12.9. The lowest BCUT2D eigenvalue weighted by molar-refractivity contribution is 0.956. The molecular formula is C55H32N4S. The van der Waals surface area contributed by atoms with Crippen LogP contribution in [-0.4, -0.2) is 19.5 Å². The summed E-state index contributed by atoms with van der Waals surface area (Å²) in [4.78, 5) is 16.3. The van der Waals surface area contributed by atoms with Gasteiger partial charge in [-0.05, 0) is 67.5 Å². The molecule has 60 heavy (non-hydrogen) atoms. The molecule has 13 aromatic rings. The lowest BCUT2D eigenvalue weighted by Crippen LogP contribution is -2.07. The van der Waals surface area contributed by atoms with E-state index < -0.39 is 0 Å². The van der Waals surface area contributed by atoms with Crippen molar-refractivity contribution in [2.75, 3.05) is 0 Å². The van der Waals surface area contributed by atoms with Crippen molar-refractivity contribution in [3.05, 3.63) is 194 Å². The van der Waals surface area contributed by atoms with Gasteiger partial charge in [-0.2, -0.15) is 9.97 Å². The van der Waals surface area contributed by atoms with Gasteiger partial charge in [0.2, 0.25) is 5.95 Å². The summed E-state index contributed by atoms with van der Waals surface area (Å²) >= 11 is 1.85. The molecule has 0 aliphatic rings. The molecule has 10 aromatic carbocycles. The average Bonchev–Trinajstić information content (AvgIpc) is 3.88. The Morgan fingerprint density at radius 3 is 1.55 bits per heavy atom. The first-order chi connectivity index (χ1) is 29.7. The van der Waals surface area contributed by atoms with E-state index in [0.717, 1.165) is 49.3 Å². The second-order valence-electron chi connectivity index (χ2n) is 15.5. The second-order valence-corrected chi connectivity index (χ2v) is 16.6. The molecule has 3 aromatic heterocycles. The zero-order chi connectivity index (χ0) is 39.3. The smallest absolute Gasteiger partial charge is 0.238 e. The number of para-hydroxylation sites is 1. The van der Waals surface area contributed by atoms with Crippen LogP contribution in [0.3, 0.4) is 0 Å². The van der Waals surface area contributed by atoms with E-state index in [1.54, 1.807) is 0 Å². The highest BCUT2D eigenvalue weighted by Gasteiger charge is 2.25. The lowest BCUT2D eigenvalue weighted by atomic mass is 9.95. The van der Waals surface area contributed by atoms with Crippen LogP contribution in [0.15, 0.2) is 194 Å². The van der Waals surface area contributed by atoms with Crippen molar-refractivity contribution in [3.8, 4) is 39.9 Å². The van der Waals surface area contributed by atoms with Gasteiger partial charge in [-0.15, -0.1) is 11.3 Å². The van der Waals surface area contributed by atoms with Crippen molar-refractivity contribution < 1.29 is 0 Å². The van der Waals surface area contributed by atoms with Crippen molar-refractivity contribution in [1.82, 2.24) is 19.5 Å². The van der Waals surface area contributed by atoms with Gasteiger partial charge in [0.1, 0.15) is 0 Å². The Hall–Kier alpha value is -7.73. The van der Waals surface area contributed by atoms with Crippen LogP contribution in [0.5, 0.6) is 0 Å². The van der Waals surface area contributed by atoms with Crippen LogP contribution < -0.4 is 0 Å². The Labute approximate surface area is 348 Å². The van der Waals surface area contributed by atoms with Crippen LogP contribution in [0.25, 0.3) is 125 Å². The first-order valence-electron chi connectivity index (χ1n) is 20.3. The molecule has 3 heterocycles. The van der Waals surface area contributed by atoms with Crippen molar-refractivity contribution in [1.29, 1.82) is 0 Å². The van der Waals surface area contributed by atoms with Crippen molar-refractivity contribution >= 4 is 96.4 Å². The molecule has 0 saturated carbocycles. The molecule has 278 valence electrons.